The van der Waals surface area contributed by atoms with Crippen LogP contribution in [0.4, 0.5) is 0 Å². The Labute approximate surface area is 88.0 Å². The molecule has 0 bridgehead atoms. The third kappa shape index (κ3) is 3.30. The molecular formula is C10H10O4S. The molecule has 1 rings (SSSR count). The van der Waals surface area contributed by atoms with Crippen LogP contribution in [0.5, 0.6) is 0 Å². The highest BCUT2D eigenvalue weighted by Gasteiger charge is 2.16. The van der Waals surface area contributed by atoms with Crippen molar-refractivity contribution in [1.29, 1.82) is 0 Å². The Kier molecular flexibility index (Phi) is 3.39. The number of hydrogen-bond donors (Lipinski definition) is 1. The molecule has 0 aliphatic rings. The molecule has 1 aromatic rings. The van der Waals surface area contributed by atoms with Crippen molar-refractivity contribution in [2.45, 2.75) is 6.92 Å². The van der Waals surface area contributed by atoms with E-state index >= 15 is 0 Å². The third-order valence-corrected chi connectivity index (χ3v) is 2.58. The number of hydrogen-bond acceptors (Lipinski definition) is 3. The van der Waals surface area contributed by atoms with Crippen LogP contribution in [-0.4, -0.2) is 18.8 Å². The summed E-state index contributed by atoms with van der Waals surface area (Å²) in [6, 6.07) is 7.95. The zero-order chi connectivity index (χ0) is 11.5. The fourth-order valence-corrected chi connectivity index (χ4v) is 1.84. The Hall–Kier alpha value is -1.46. The van der Waals surface area contributed by atoms with Crippen molar-refractivity contribution in [3.63, 3.8) is 0 Å². The van der Waals surface area contributed by atoms with E-state index in [-0.39, 0.29) is 10.5 Å². The van der Waals surface area contributed by atoms with Crippen LogP contribution in [-0.2, 0) is 14.9 Å². The summed E-state index contributed by atoms with van der Waals surface area (Å²) in [4.78, 5) is 10.4. The predicted octanol–water partition coefficient (Wildman–Crippen LogP) is 1.50. The molecule has 0 radical (unpaired) electrons. The second-order valence-corrected chi connectivity index (χ2v) is 4.35. The second-order valence-electron chi connectivity index (χ2n) is 2.96. The largest absolute Gasteiger partial charge is 0.295 e. The first-order valence-corrected chi connectivity index (χ1v) is 5.60. The van der Waals surface area contributed by atoms with E-state index in [2.05, 4.69) is 0 Å². The molecular weight excluding hydrogens is 216 g/mol. The molecule has 0 atom stereocenters. The maximum absolute atomic E-state index is 11.0. The van der Waals surface area contributed by atoms with Crippen molar-refractivity contribution in [2.75, 3.05) is 0 Å². The van der Waals surface area contributed by atoms with Crippen LogP contribution < -0.4 is 0 Å². The van der Waals surface area contributed by atoms with Gasteiger partial charge in [0, 0.05) is 6.08 Å². The molecule has 0 aliphatic heterocycles. The van der Waals surface area contributed by atoms with Gasteiger partial charge >= 0.3 is 0 Å². The number of benzene rings is 1. The molecule has 0 unspecified atom stereocenters. The molecule has 0 saturated heterocycles. The van der Waals surface area contributed by atoms with Crippen LogP contribution in [0.15, 0.2) is 36.4 Å². The minimum absolute atomic E-state index is 0.287. The number of ketones is 1. The number of carbonyl (C=O) groups is 1. The molecule has 80 valence electrons. The lowest BCUT2D eigenvalue weighted by Crippen LogP contribution is -2.03. The molecule has 0 spiro atoms. The summed E-state index contributed by atoms with van der Waals surface area (Å²) in [5.41, 5.74) is 0.287. The minimum Gasteiger partial charge on any atom is -0.295 e. The molecule has 5 heteroatoms. The Balaban J connectivity index is 3.33. The van der Waals surface area contributed by atoms with Gasteiger partial charge < -0.3 is 0 Å². The van der Waals surface area contributed by atoms with Crippen molar-refractivity contribution in [1.82, 2.24) is 0 Å². The topological polar surface area (TPSA) is 71.4 Å². The zero-order valence-electron chi connectivity index (χ0n) is 8.04. The summed E-state index contributed by atoms with van der Waals surface area (Å²) < 4.78 is 30.9. The first-order valence-electron chi connectivity index (χ1n) is 4.16. The molecule has 0 heterocycles. The van der Waals surface area contributed by atoms with E-state index in [1.165, 1.54) is 19.1 Å². The van der Waals surface area contributed by atoms with Crippen molar-refractivity contribution in [3.8, 4) is 0 Å². The van der Waals surface area contributed by atoms with E-state index < -0.39 is 15.9 Å². The maximum Gasteiger partial charge on any atom is 0.295 e. The van der Waals surface area contributed by atoms with Gasteiger partial charge in [-0.3, -0.25) is 9.35 Å². The number of allylic oxidation sites excluding steroid dienone is 1. The molecule has 0 aliphatic carbocycles. The molecule has 4 nitrogen and oxygen atoms in total. The smallest absolute Gasteiger partial charge is 0.295 e. The number of carbonyl (C=O) groups excluding carboxylic acids is 1. The zero-order valence-corrected chi connectivity index (χ0v) is 8.86. The van der Waals surface area contributed by atoms with E-state index in [1.54, 1.807) is 18.2 Å². The van der Waals surface area contributed by atoms with Gasteiger partial charge in [-0.25, -0.2) is 0 Å². The van der Waals surface area contributed by atoms with Gasteiger partial charge in [0.2, 0.25) is 0 Å². The standard InChI is InChI=1S/C10H10O4S/c1-8(11)7-10(15(12,13)14)9-5-3-2-4-6-9/h2-7H,1H3,(H,12,13,14)/b10-7-. The molecule has 0 amide bonds. The normalized spacial score (nSPS) is 12.5. The fourth-order valence-electron chi connectivity index (χ4n) is 1.09. The Bertz CT molecular complexity index is 485. The quantitative estimate of drug-likeness (QED) is 0.626. The Morgan fingerprint density at radius 2 is 1.80 bits per heavy atom. The van der Waals surface area contributed by atoms with Crippen molar-refractivity contribution in [3.05, 3.63) is 42.0 Å². The van der Waals surface area contributed by atoms with Crippen LogP contribution in [0.1, 0.15) is 12.5 Å². The van der Waals surface area contributed by atoms with Crippen LogP contribution in [0.3, 0.4) is 0 Å². The number of rotatable bonds is 3. The maximum atomic E-state index is 11.0. The molecule has 0 fully saturated rings. The van der Waals surface area contributed by atoms with Gasteiger partial charge in [-0.05, 0) is 12.5 Å². The highest BCUT2D eigenvalue weighted by molar-refractivity contribution is 7.95. The lowest BCUT2D eigenvalue weighted by Gasteiger charge is -2.02. The Morgan fingerprint density at radius 1 is 1.27 bits per heavy atom. The van der Waals surface area contributed by atoms with Gasteiger partial charge in [-0.1, -0.05) is 30.3 Å². The predicted molar refractivity (Wildman–Crippen MR) is 56.6 cm³/mol. The second kappa shape index (κ2) is 4.37. The van der Waals surface area contributed by atoms with Crippen LogP contribution in [0, 0.1) is 0 Å². The average molecular weight is 226 g/mol. The van der Waals surface area contributed by atoms with Crippen molar-refractivity contribution >= 4 is 20.8 Å². The SMILES string of the molecule is CC(=O)/C=C(/c1ccccc1)S(=O)(=O)O. The molecule has 1 N–H and O–H groups in total. The van der Waals surface area contributed by atoms with E-state index in [9.17, 15) is 13.2 Å². The summed E-state index contributed by atoms with van der Waals surface area (Å²) in [6.07, 6.45) is 0.894. The molecule has 15 heavy (non-hydrogen) atoms. The first-order chi connectivity index (χ1) is 6.91. The van der Waals surface area contributed by atoms with E-state index in [4.69, 9.17) is 4.55 Å². The minimum atomic E-state index is -4.37. The summed E-state index contributed by atoms with van der Waals surface area (Å²) >= 11 is 0. The highest BCUT2D eigenvalue weighted by atomic mass is 32.2. The van der Waals surface area contributed by atoms with Gasteiger partial charge in [-0.15, -0.1) is 0 Å². The molecule has 0 saturated carbocycles. The summed E-state index contributed by atoms with van der Waals surface area (Å²) in [7, 11) is -4.37. The lowest BCUT2D eigenvalue weighted by atomic mass is 10.2. The van der Waals surface area contributed by atoms with E-state index in [1.807, 2.05) is 0 Å². The van der Waals surface area contributed by atoms with Crippen molar-refractivity contribution < 1.29 is 17.8 Å². The van der Waals surface area contributed by atoms with Crippen molar-refractivity contribution in [2.24, 2.45) is 0 Å². The van der Waals surface area contributed by atoms with Crippen LogP contribution >= 0.6 is 0 Å². The summed E-state index contributed by atoms with van der Waals surface area (Å²) in [6.45, 7) is 1.22. The summed E-state index contributed by atoms with van der Waals surface area (Å²) in [5, 5.41) is 0. The average Bonchev–Trinajstić information content (AvgIpc) is 2.14. The lowest BCUT2D eigenvalue weighted by molar-refractivity contribution is -0.112. The molecule has 1 aromatic carbocycles. The van der Waals surface area contributed by atoms with Gasteiger partial charge in [0.05, 0.1) is 0 Å². The highest BCUT2D eigenvalue weighted by Crippen LogP contribution is 2.19. The van der Waals surface area contributed by atoms with Crippen LogP contribution in [0.25, 0.3) is 4.91 Å². The van der Waals surface area contributed by atoms with Crippen LogP contribution in [0.2, 0.25) is 0 Å². The van der Waals surface area contributed by atoms with Gasteiger partial charge in [0.15, 0.2) is 5.78 Å². The van der Waals surface area contributed by atoms with Gasteiger partial charge in [0.25, 0.3) is 10.1 Å². The summed E-state index contributed by atoms with van der Waals surface area (Å²) in [5.74, 6) is -0.438. The molecule has 0 aromatic heterocycles. The third-order valence-electron chi connectivity index (χ3n) is 1.67. The first kappa shape index (κ1) is 11.6. The van der Waals surface area contributed by atoms with Gasteiger partial charge in [-0.2, -0.15) is 8.42 Å². The monoisotopic (exact) mass is 226 g/mol. The van der Waals surface area contributed by atoms with Gasteiger partial charge in [0.1, 0.15) is 4.91 Å². The van der Waals surface area contributed by atoms with E-state index in [0.717, 1.165) is 6.08 Å². The van der Waals surface area contributed by atoms with E-state index in [0.29, 0.717) is 0 Å². The Morgan fingerprint density at radius 3 is 2.20 bits per heavy atom. The fraction of sp³-hybridized carbons (Fsp3) is 0.100.